The Labute approximate surface area is 187 Å². The van der Waals surface area contributed by atoms with Gasteiger partial charge in [0.1, 0.15) is 5.76 Å². The molecule has 4 aromatic rings. The lowest BCUT2D eigenvalue weighted by atomic mass is 9.92. The number of benzene rings is 3. The van der Waals surface area contributed by atoms with Gasteiger partial charge in [-0.25, -0.2) is 4.98 Å². The quantitative estimate of drug-likeness (QED) is 0.433. The van der Waals surface area contributed by atoms with Crippen LogP contribution < -0.4 is 5.32 Å². The number of nitrogens with one attached hydrogen (secondary N) is 1. The Bertz CT molecular complexity index is 1140. The molecule has 0 aliphatic heterocycles. The van der Waals surface area contributed by atoms with Crippen LogP contribution in [0.3, 0.4) is 0 Å². The third-order valence-corrected chi connectivity index (χ3v) is 5.45. The number of nitrogens with zero attached hydrogens (tertiary/aromatic N) is 1. The van der Waals surface area contributed by atoms with Crippen LogP contribution >= 0.6 is 0 Å². The highest BCUT2D eigenvalue weighted by Crippen LogP contribution is 2.28. The van der Waals surface area contributed by atoms with E-state index in [1.807, 2.05) is 97.9 Å². The van der Waals surface area contributed by atoms with Gasteiger partial charge in [-0.1, -0.05) is 91.0 Å². The summed E-state index contributed by atoms with van der Waals surface area (Å²) in [6, 6.07) is 28.6. The Morgan fingerprint density at radius 3 is 2.12 bits per heavy atom. The molecule has 0 bridgehead atoms. The predicted octanol–water partition coefficient (Wildman–Crippen LogP) is 4.57. The molecule has 0 aliphatic rings. The van der Waals surface area contributed by atoms with Gasteiger partial charge < -0.3 is 14.8 Å². The Hall–Kier alpha value is -3.70. The first-order valence-corrected chi connectivity index (χ1v) is 10.7. The van der Waals surface area contributed by atoms with Crippen molar-refractivity contribution < 1.29 is 14.3 Å². The minimum Gasteiger partial charge on any atom is -0.442 e. The normalized spacial score (nSPS) is 13.8. The maximum absolute atomic E-state index is 13.4. The van der Waals surface area contributed by atoms with Crippen LogP contribution in [0.1, 0.15) is 41.3 Å². The summed E-state index contributed by atoms with van der Waals surface area (Å²) in [7, 11) is 0. The van der Waals surface area contributed by atoms with E-state index in [0.29, 0.717) is 12.2 Å². The monoisotopic (exact) mass is 426 g/mol. The second-order valence-electron chi connectivity index (χ2n) is 7.92. The molecule has 0 aliphatic carbocycles. The third kappa shape index (κ3) is 4.95. The number of carbonyl (C=O) groups is 1. The number of hydrogen-bond acceptors (Lipinski definition) is 4. The van der Waals surface area contributed by atoms with Gasteiger partial charge in [-0.05, 0) is 23.6 Å². The van der Waals surface area contributed by atoms with Gasteiger partial charge in [0.15, 0.2) is 0 Å². The second-order valence-corrected chi connectivity index (χ2v) is 7.92. The molecule has 5 nitrogen and oxygen atoms in total. The number of hydrogen-bond donors (Lipinski definition) is 2. The van der Waals surface area contributed by atoms with E-state index in [9.17, 15) is 9.90 Å². The van der Waals surface area contributed by atoms with E-state index < -0.39 is 11.5 Å². The average molecular weight is 427 g/mol. The fraction of sp³-hybridized carbons (Fsp3) is 0.185. The van der Waals surface area contributed by atoms with Crippen LogP contribution in [0.4, 0.5) is 0 Å². The lowest BCUT2D eigenvalue weighted by molar-refractivity contribution is -0.144. The van der Waals surface area contributed by atoms with Crippen molar-refractivity contribution in [2.75, 3.05) is 0 Å². The smallest absolute Gasteiger partial charge is 0.262 e. The molecule has 1 heterocycles. The van der Waals surface area contributed by atoms with Gasteiger partial charge in [0.05, 0.1) is 12.2 Å². The van der Waals surface area contributed by atoms with E-state index in [0.717, 1.165) is 16.7 Å². The van der Waals surface area contributed by atoms with Gasteiger partial charge in [0, 0.05) is 12.8 Å². The second kappa shape index (κ2) is 9.62. The molecule has 2 N–H and O–H groups in total. The summed E-state index contributed by atoms with van der Waals surface area (Å²) in [6.07, 6.45) is 2.15. The average Bonchev–Trinajstić information content (AvgIpc) is 3.30. The lowest BCUT2D eigenvalue weighted by Gasteiger charge is -2.26. The van der Waals surface area contributed by atoms with Crippen LogP contribution in [0.25, 0.3) is 0 Å². The maximum Gasteiger partial charge on any atom is 0.262 e. The van der Waals surface area contributed by atoms with Gasteiger partial charge in [0.2, 0.25) is 11.5 Å². The van der Waals surface area contributed by atoms with Crippen LogP contribution in [-0.2, 0) is 23.2 Å². The maximum atomic E-state index is 13.4. The molecule has 0 saturated heterocycles. The van der Waals surface area contributed by atoms with Crippen LogP contribution in [-0.4, -0.2) is 16.0 Å². The largest absolute Gasteiger partial charge is 0.442 e. The number of rotatable bonds is 8. The molecule has 0 unspecified atom stereocenters. The van der Waals surface area contributed by atoms with Crippen LogP contribution in [0.5, 0.6) is 0 Å². The van der Waals surface area contributed by atoms with E-state index in [4.69, 9.17) is 4.42 Å². The van der Waals surface area contributed by atoms with Crippen LogP contribution in [0.2, 0.25) is 0 Å². The Balaban J connectivity index is 1.61. The van der Waals surface area contributed by atoms with Crippen molar-refractivity contribution >= 4 is 5.91 Å². The zero-order chi connectivity index (χ0) is 22.4. The van der Waals surface area contributed by atoms with Gasteiger partial charge in [0.25, 0.3) is 5.91 Å². The van der Waals surface area contributed by atoms with E-state index in [1.165, 1.54) is 0 Å². The molecule has 3 aromatic carbocycles. The van der Waals surface area contributed by atoms with Gasteiger partial charge >= 0.3 is 0 Å². The Morgan fingerprint density at radius 1 is 0.938 bits per heavy atom. The van der Waals surface area contributed by atoms with E-state index in [1.54, 1.807) is 6.20 Å². The molecular formula is C27H26N2O3. The summed E-state index contributed by atoms with van der Waals surface area (Å²) in [5, 5.41) is 14.5. The first-order chi connectivity index (χ1) is 15.5. The molecule has 5 heteroatoms. The van der Waals surface area contributed by atoms with Crippen molar-refractivity contribution in [1.29, 1.82) is 0 Å². The zero-order valence-corrected chi connectivity index (χ0v) is 17.9. The van der Waals surface area contributed by atoms with Crippen molar-refractivity contribution in [3.05, 3.63) is 126 Å². The minimum atomic E-state index is -1.95. The van der Waals surface area contributed by atoms with E-state index in [-0.39, 0.29) is 18.4 Å². The van der Waals surface area contributed by atoms with Gasteiger partial charge in [-0.2, -0.15) is 0 Å². The molecule has 2 atom stereocenters. The Kier molecular flexibility index (Phi) is 6.47. The molecule has 1 aromatic heterocycles. The van der Waals surface area contributed by atoms with Crippen LogP contribution in [0, 0.1) is 0 Å². The topological polar surface area (TPSA) is 75.4 Å². The highest BCUT2D eigenvalue weighted by molar-refractivity contribution is 5.86. The lowest BCUT2D eigenvalue weighted by Crippen LogP contribution is -2.47. The SMILES string of the molecule is C[C@@H](NC(=O)[C@@](O)(Cc1ccccc1)c1ncc(Cc2ccccc2)o1)c1ccccc1. The first kappa shape index (κ1) is 21.5. The van der Waals surface area contributed by atoms with Gasteiger partial charge in [-0.3, -0.25) is 4.79 Å². The minimum absolute atomic E-state index is 0.00922. The van der Waals surface area contributed by atoms with Crippen molar-refractivity contribution in [2.24, 2.45) is 0 Å². The Morgan fingerprint density at radius 2 is 1.50 bits per heavy atom. The standard InChI is InChI=1S/C27H26N2O3/c1-20(23-15-9-4-10-16-23)29-25(30)27(31,18-22-13-7-3-8-14-22)26-28-19-24(32-26)17-21-11-5-2-6-12-21/h2-16,19-20,31H,17-18H2,1H3,(H,29,30)/t20-,27+/m1/s1. The number of aliphatic hydroxyl groups is 1. The summed E-state index contributed by atoms with van der Waals surface area (Å²) < 4.78 is 5.91. The predicted molar refractivity (Wildman–Crippen MR) is 123 cm³/mol. The van der Waals surface area contributed by atoms with E-state index in [2.05, 4.69) is 10.3 Å². The first-order valence-electron chi connectivity index (χ1n) is 10.7. The number of aromatic nitrogens is 1. The van der Waals surface area contributed by atoms with Crippen LogP contribution in [0.15, 0.2) is 102 Å². The molecule has 0 spiro atoms. The number of amides is 1. The summed E-state index contributed by atoms with van der Waals surface area (Å²) in [6.45, 7) is 1.88. The molecule has 1 amide bonds. The fourth-order valence-electron chi connectivity index (χ4n) is 3.66. The molecule has 32 heavy (non-hydrogen) atoms. The zero-order valence-electron chi connectivity index (χ0n) is 17.9. The van der Waals surface area contributed by atoms with Crippen molar-refractivity contribution in [1.82, 2.24) is 10.3 Å². The molecule has 0 fully saturated rings. The van der Waals surface area contributed by atoms with Crippen molar-refractivity contribution in [3.8, 4) is 0 Å². The van der Waals surface area contributed by atoms with E-state index >= 15 is 0 Å². The molecule has 0 saturated carbocycles. The third-order valence-electron chi connectivity index (χ3n) is 5.45. The highest BCUT2D eigenvalue weighted by Gasteiger charge is 2.43. The number of oxazole rings is 1. The summed E-state index contributed by atoms with van der Waals surface area (Å²) in [4.78, 5) is 17.7. The molecule has 162 valence electrons. The fourth-order valence-corrected chi connectivity index (χ4v) is 3.66. The van der Waals surface area contributed by atoms with Crippen molar-refractivity contribution in [2.45, 2.75) is 31.4 Å². The molecule has 0 radical (unpaired) electrons. The summed E-state index contributed by atoms with van der Waals surface area (Å²) >= 11 is 0. The molecule has 4 rings (SSSR count). The summed E-state index contributed by atoms with van der Waals surface area (Å²) in [5.74, 6) is 0.0254. The molecular weight excluding hydrogens is 400 g/mol. The number of carbonyl (C=O) groups excluding carboxylic acids is 1. The summed E-state index contributed by atoms with van der Waals surface area (Å²) in [5.41, 5.74) is 0.864. The highest BCUT2D eigenvalue weighted by atomic mass is 16.4. The van der Waals surface area contributed by atoms with Crippen molar-refractivity contribution in [3.63, 3.8) is 0 Å². The van der Waals surface area contributed by atoms with Gasteiger partial charge in [-0.15, -0.1) is 0 Å².